The van der Waals surface area contributed by atoms with Gasteiger partial charge in [0, 0.05) is 0 Å². The van der Waals surface area contributed by atoms with E-state index in [1.807, 2.05) is 12.1 Å². The third-order valence-electron chi connectivity index (χ3n) is 3.01. The lowest BCUT2D eigenvalue weighted by atomic mass is 9.98. The highest BCUT2D eigenvalue weighted by molar-refractivity contribution is 6.31. The third-order valence-corrected chi connectivity index (χ3v) is 3.34. The Morgan fingerprint density at radius 3 is 2.52 bits per heavy atom. The van der Waals surface area contributed by atoms with Crippen LogP contribution >= 0.6 is 11.6 Å². The second-order valence-electron chi connectivity index (χ2n) is 4.40. The fourth-order valence-corrected chi connectivity index (χ4v) is 2.24. The number of benzene rings is 2. The number of halogens is 4. The first-order valence-corrected chi connectivity index (χ1v) is 6.65. The number of alkyl halides is 3. The second-order valence-corrected chi connectivity index (χ2v) is 4.80. The fourth-order valence-electron chi connectivity index (χ4n) is 2.01. The standard InChI is InChI=1S/C16H13ClF3O/c1-2-21-10-12-5-3-4-6-13(12)11-7-8-15(17)14(9-11)16(18,19)20/h2-9H,10H2,1H3. The molecule has 0 atom stereocenters. The summed E-state index contributed by atoms with van der Waals surface area (Å²) in [6.45, 7) is 3.59. The minimum atomic E-state index is -4.48. The van der Waals surface area contributed by atoms with Gasteiger partial charge in [-0.05, 0) is 35.7 Å². The molecule has 0 unspecified atom stereocenters. The van der Waals surface area contributed by atoms with Gasteiger partial charge in [0.25, 0.3) is 0 Å². The minimum absolute atomic E-state index is 0.302. The van der Waals surface area contributed by atoms with Crippen molar-refractivity contribution in [3.63, 3.8) is 0 Å². The van der Waals surface area contributed by atoms with Gasteiger partial charge >= 0.3 is 6.18 Å². The molecule has 0 bridgehead atoms. The van der Waals surface area contributed by atoms with Gasteiger partial charge in [0.1, 0.15) is 0 Å². The Kier molecular flexibility index (Phi) is 4.91. The van der Waals surface area contributed by atoms with Crippen LogP contribution in [-0.4, -0.2) is 0 Å². The van der Waals surface area contributed by atoms with Crippen molar-refractivity contribution in [1.29, 1.82) is 0 Å². The third kappa shape index (κ3) is 3.77. The summed E-state index contributed by atoms with van der Waals surface area (Å²) in [4.78, 5) is 0. The molecule has 0 saturated carbocycles. The first-order chi connectivity index (χ1) is 9.93. The molecule has 0 N–H and O–H groups in total. The van der Waals surface area contributed by atoms with Gasteiger partial charge < -0.3 is 4.74 Å². The largest absolute Gasteiger partial charge is 0.417 e. The van der Waals surface area contributed by atoms with E-state index in [1.165, 1.54) is 6.07 Å². The van der Waals surface area contributed by atoms with Crippen LogP contribution in [-0.2, 0) is 17.5 Å². The van der Waals surface area contributed by atoms with Gasteiger partial charge in [0.05, 0.1) is 23.8 Å². The maximum atomic E-state index is 12.9. The zero-order chi connectivity index (χ0) is 15.5. The van der Waals surface area contributed by atoms with Crippen LogP contribution in [0.3, 0.4) is 0 Å². The molecule has 111 valence electrons. The molecule has 0 aromatic heterocycles. The normalized spacial score (nSPS) is 11.7. The average molecular weight is 314 g/mol. The van der Waals surface area contributed by atoms with E-state index in [1.54, 1.807) is 31.7 Å². The van der Waals surface area contributed by atoms with E-state index in [4.69, 9.17) is 16.3 Å². The molecule has 0 amide bonds. The Morgan fingerprint density at radius 2 is 1.86 bits per heavy atom. The summed E-state index contributed by atoms with van der Waals surface area (Å²) in [5, 5.41) is -0.304. The topological polar surface area (TPSA) is 9.23 Å². The second kappa shape index (κ2) is 6.50. The van der Waals surface area contributed by atoms with E-state index in [-0.39, 0.29) is 5.02 Å². The summed E-state index contributed by atoms with van der Waals surface area (Å²) < 4.78 is 44.0. The van der Waals surface area contributed by atoms with E-state index >= 15 is 0 Å². The lowest BCUT2D eigenvalue weighted by Gasteiger charge is -2.13. The highest BCUT2D eigenvalue weighted by Gasteiger charge is 2.33. The minimum Gasteiger partial charge on any atom is -0.371 e. The molecule has 0 fully saturated rings. The Balaban J connectivity index is 2.48. The molecular formula is C16H13ClF3O. The van der Waals surface area contributed by atoms with Gasteiger partial charge in [-0.25, -0.2) is 0 Å². The van der Waals surface area contributed by atoms with Crippen molar-refractivity contribution in [2.24, 2.45) is 0 Å². The number of ether oxygens (including phenoxy) is 1. The molecule has 2 aromatic rings. The van der Waals surface area contributed by atoms with Crippen molar-refractivity contribution in [3.05, 3.63) is 65.2 Å². The van der Waals surface area contributed by atoms with E-state index in [0.29, 0.717) is 17.7 Å². The SMILES string of the molecule is C[CH]OCc1ccccc1-c1ccc(Cl)c(C(F)(F)F)c1. The summed E-state index contributed by atoms with van der Waals surface area (Å²) >= 11 is 5.64. The van der Waals surface area contributed by atoms with Crippen LogP contribution in [0.25, 0.3) is 11.1 Å². The number of hydrogen-bond acceptors (Lipinski definition) is 1. The lowest BCUT2D eigenvalue weighted by molar-refractivity contribution is -0.137. The number of hydrogen-bond donors (Lipinski definition) is 0. The molecule has 0 aliphatic heterocycles. The monoisotopic (exact) mass is 313 g/mol. The molecule has 1 radical (unpaired) electrons. The van der Waals surface area contributed by atoms with Crippen LogP contribution in [0.1, 0.15) is 18.1 Å². The van der Waals surface area contributed by atoms with Crippen LogP contribution in [0.5, 0.6) is 0 Å². The molecule has 0 spiro atoms. The van der Waals surface area contributed by atoms with Gasteiger partial charge in [-0.2, -0.15) is 13.2 Å². The van der Waals surface area contributed by atoms with Crippen molar-refractivity contribution >= 4 is 11.6 Å². The fraction of sp³-hybridized carbons (Fsp3) is 0.188. The van der Waals surface area contributed by atoms with Crippen LogP contribution in [0.4, 0.5) is 13.2 Å². The first-order valence-electron chi connectivity index (χ1n) is 6.28. The molecular weight excluding hydrogens is 301 g/mol. The van der Waals surface area contributed by atoms with Gasteiger partial charge in [-0.1, -0.05) is 41.9 Å². The summed E-state index contributed by atoms with van der Waals surface area (Å²) in [6.07, 6.45) is -4.48. The highest BCUT2D eigenvalue weighted by Crippen LogP contribution is 2.37. The molecule has 21 heavy (non-hydrogen) atoms. The zero-order valence-electron chi connectivity index (χ0n) is 11.2. The van der Waals surface area contributed by atoms with Gasteiger partial charge in [0.15, 0.2) is 0 Å². The summed E-state index contributed by atoms with van der Waals surface area (Å²) in [5.74, 6) is 0. The molecule has 0 heterocycles. The van der Waals surface area contributed by atoms with Gasteiger partial charge in [-0.3, -0.25) is 0 Å². The van der Waals surface area contributed by atoms with Gasteiger partial charge in [0.2, 0.25) is 0 Å². The highest BCUT2D eigenvalue weighted by atomic mass is 35.5. The number of rotatable bonds is 4. The van der Waals surface area contributed by atoms with Crippen LogP contribution in [0.15, 0.2) is 42.5 Å². The Labute approximate surface area is 126 Å². The molecule has 1 nitrogen and oxygen atoms in total. The van der Waals surface area contributed by atoms with Crippen molar-refractivity contribution in [1.82, 2.24) is 0 Å². The maximum Gasteiger partial charge on any atom is 0.417 e. The molecule has 2 aromatic carbocycles. The predicted molar refractivity (Wildman–Crippen MR) is 76.7 cm³/mol. The average Bonchev–Trinajstić information content (AvgIpc) is 2.45. The van der Waals surface area contributed by atoms with Crippen LogP contribution in [0.2, 0.25) is 5.02 Å². The zero-order valence-corrected chi connectivity index (χ0v) is 12.0. The van der Waals surface area contributed by atoms with Crippen molar-refractivity contribution in [2.75, 3.05) is 0 Å². The molecule has 5 heteroatoms. The first kappa shape index (κ1) is 15.9. The van der Waals surface area contributed by atoms with Crippen molar-refractivity contribution in [2.45, 2.75) is 19.7 Å². The van der Waals surface area contributed by atoms with Crippen LogP contribution in [0, 0.1) is 6.61 Å². The molecule has 0 aliphatic rings. The van der Waals surface area contributed by atoms with E-state index in [9.17, 15) is 13.2 Å². The summed E-state index contributed by atoms with van der Waals surface area (Å²) in [5.41, 5.74) is 1.13. The quantitative estimate of drug-likeness (QED) is 0.701. The smallest absolute Gasteiger partial charge is 0.371 e. The van der Waals surface area contributed by atoms with E-state index in [2.05, 4.69) is 0 Å². The molecule has 0 saturated heterocycles. The Bertz CT molecular complexity index is 623. The van der Waals surface area contributed by atoms with E-state index < -0.39 is 11.7 Å². The van der Waals surface area contributed by atoms with Crippen LogP contribution < -0.4 is 0 Å². The Morgan fingerprint density at radius 1 is 1.14 bits per heavy atom. The Hall–Kier alpha value is -1.52. The maximum absolute atomic E-state index is 12.9. The lowest BCUT2D eigenvalue weighted by Crippen LogP contribution is -2.06. The van der Waals surface area contributed by atoms with E-state index in [0.717, 1.165) is 11.6 Å². The van der Waals surface area contributed by atoms with Gasteiger partial charge in [-0.15, -0.1) is 0 Å². The van der Waals surface area contributed by atoms with Crippen molar-refractivity contribution in [3.8, 4) is 11.1 Å². The van der Waals surface area contributed by atoms with Crippen molar-refractivity contribution < 1.29 is 17.9 Å². The predicted octanol–water partition coefficient (Wildman–Crippen LogP) is 5.72. The summed E-state index contributed by atoms with van der Waals surface area (Å²) in [6, 6.07) is 11.1. The molecule has 2 rings (SSSR count). The summed E-state index contributed by atoms with van der Waals surface area (Å²) in [7, 11) is 0. The molecule has 0 aliphatic carbocycles.